The summed E-state index contributed by atoms with van der Waals surface area (Å²) < 4.78 is 5.93. The number of ether oxygens (including phenoxy) is 1. The van der Waals surface area contributed by atoms with Crippen molar-refractivity contribution in [3.8, 4) is 0 Å². The van der Waals surface area contributed by atoms with Crippen molar-refractivity contribution in [3.05, 3.63) is 0 Å². The summed E-state index contributed by atoms with van der Waals surface area (Å²) >= 11 is 0. The van der Waals surface area contributed by atoms with E-state index in [4.69, 9.17) is 4.74 Å². The highest BCUT2D eigenvalue weighted by atomic mass is 27.0. The number of rotatable bonds is 12. The highest BCUT2D eigenvalue weighted by Crippen LogP contribution is 2.16. The average Bonchev–Trinajstić information content (AvgIpc) is 2.37. The first-order valence-electron chi connectivity index (χ1n) is 7.86. The lowest BCUT2D eigenvalue weighted by Crippen LogP contribution is -2.14. The lowest BCUT2D eigenvalue weighted by Gasteiger charge is -2.18. The third-order valence-electron chi connectivity index (χ3n) is 3.79. The van der Waals surface area contributed by atoms with E-state index in [9.17, 15) is 0 Å². The molecule has 0 radical (unpaired) electrons. The smallest absolute Gasteiger partial charge is 0.187 e. The van der Waals surface area contributed by atoms with Crippen molar-refractivity contribution < 1.29 is 4.74 Å². The van der Waals surface area contributed by atoms with Crippen LogP contribution in [0.15, 0.2) is 0 Å². The highest BCUT2D eigenvalue weighted by molar-refractivity contribution is 5.75. The molecule has 2 unspecified atom stereocenters. The van der Waals surface area contributed by atoms with Crippen LogP contribution in [0.5, 0.6) is 0 Å². The fraction of sp³-hybridized carbons (Fsp3) is 1.00. The molecule has 0 aliphatic rings. The van der Waals surface area contributed by atoms with Gasteiger partial charge >= 0.3 is 0 Å². The van der Waals surface area contributed by atoms with Gasteiger partial charge in [0.2, 0.25) is 0 Å². The second kappa shape index (κ2) is 15.5. The molecule has 0 saturated carbocycles. The maximum atomic E-state index is 5.93. The molecule has 2 heteroatoms. The van der Waals surface area contributed by atoms with Crippen molar-refractivity contribution >= 4 is 17.4 Å². The molecule has 18 heavy (non-hydrogen) atoms. The average molecular weight is 272 g/mol. The zero-order chi connectivity index (χ0) is 12.9. The van der Waals surface area contributed by atoms with Gasteiger partial charge in [0.1, 0.15) is 0 Å². The minimum absolute atomic E-state index is 0. The summed E-state index contributed by atoms with van der Waals surface area (Å²) in [5.74, 6) is 1.58. The minimum atomic E-state index is 0. The Morgan fingerprint density at radius 2 is 1.11 bits per heavy atom. The normalized spacial score (nSPS) is 14.0. The number of hydrogen-bond donors (Lipinski definition) is 0. The van der Waals surface area contributed by atoms with E-state index in [0.29, 0.717) is 0 Å². The van der Waals surface area contributed by atoms with E-state index in [-0.39, 0.29) is 17.4 Å². The Bertz CT molecular complexity index is 134. The van der Waals surface area contributed by atoms with Crippen molar-refractivity contribution in [1.82, 2.24) is 0 Å². The van der Waals surface area contributed by atoms with Gasteiger partial charge in [0.15, 0.2) is 17.4 Å². The Balaban J connectivity index is 0. The molecule has 0 aromatic carbocycles. The van der Waals surface area contributed by atoms with Gasteiger partial charge in [0, 0.05) is 13.2 Å². The molecule has 0 N–H and O–H groups in total. The van der Waals surface area contributed by atoms with Gasteiger partial charge in [-0.15, -0.1) is 0 Å². The van der Waals surface area contributed by atoms with E-state index in [0.717, 1.165) is 25.0 Å². The summed E-state index contributed by atoms with van der Waals surface area (Å²) in [5, 5.41) is 0. The van der Waals surface area contributed by atoms with E-state index >= 15 is 0 Å². The molecule has 2 atom stereocenters. The molecule has 0 aromatic rings. The first-order valence-corrected chi connectivity index (χ1v) is 7.86. The van der Waals surface area contributed by atoms with E-state index in [1.54, 1.807) is 0 Å². The molecule has 0 fully saturated rings. The van der Waals surface area contributed by atoms with Gasteiger partial charge in [-0.05, 0) is 24.7 Å². The molecular weight excluding hydrogens is 235 g/mol. The van der Waals surface area contributed by atoms with Crippen LogP contribution < -0.4 is 0 Å². The first-order chi connectivity index (χ1) is 8.28. The van der Waals surface area contributed by atoms with Crippen LogP contribution in [0.25, 0.3) is 0 Å². The van der Waals surface area contributed by atoms with Crippen LogP contribution in [0, 0.1) is 11.8 Å². The zero-order valence-electron chi connectivity index (χ0n) is 12.6. The summed E-state index contributed by atoms with van der Waals surface area (Å²) in [6, 6.07) is 0. The fourth-order valence-corrected chi connectivity index (χ4v) is 2.20. The van der Waals surface area contributed by atoms with E-state index in [1.165, 1.54) is 51.4 Å². The van der Waals surface area contributed by atoms with Crippen LogP contribution in [0.2, 0.25) is 0 Å². The van der Waals surface area contributed by atoms with Crippen molar-refractivity contribution in [2.75, 3.05) is 13.2 Å². The van der Waals surface area contributed by atoms with Gasteiger partial charge in [-0.25, -0.2) is 0 Å². The molecule has 0 aliphatic heterocycles. The predicted molar refractivity (Wildman–Crippen MR) is 87.4 cm³/mol. The maximum absolute atomic E-state index is 5.93. The Hall–Kier alpha value is 0.492. The highest BCUT2D eigenvalue weighted by Gasteiger charge is 2.09. The summed E-state index contributed by atoms with van der Waals surface area (Å²) in [4.78, 5) is 0. The molecule has 0 spiro atoms. The van der Waals surface area contributed by atoms with Crippen LogP contribution >= 0.6 is 0 Å². The van der Waals surface area contributed by atoms with E-state index in [2.05, 4.69) is 27.7 Å². The molecule has 0 heterocycles. The van der Waals surface area contributed by atoms with Gasteiger partial charge in [-0.1, -0.05) is 66.2 Å². The Morgan fingerprint density at radius 3 is 1.39 bits per heavy atom. The standard InChI is InChI=1S/C16H34O.Al.3H/c1-5-9-11-15(7-3)13-17-14-16(8-4)12-10-6-2;;;;/h15-16H,5-14H2,1-4H3;;;;. The first kappa shape index (κ1) is 20.8. The van der Waals surface area contributed by atoms with Crippen molar-refractivity contribution in [3.63, 3.8) is 0 Å². The van der Waals surface area contributed by atoms with Crippen LogP contribution in [-0.2, 0) is 4.74 Å². The zero-order valence-corrected chi connectivity index (χ0v) is 12.6. The largest absolute Gasteiger partial charge is 0.381 e. The molecular formula is C16H37AlO. The monoisotopic (exact) mass is 272 g/mol. The third kappa shape index (κ3) is 11.6. The van der Waals surface area contributed by atoms with Crippen molar-refractivity contribution in [2.24, 2.45) is 11.8 Å². The molecule has 0 aromatic heterocycles. The second-order valence-corrected chi connectivity index (χ2v) is 5.37. The molecule has 0 bridgehead atoms. The third-order valence-corrected chi connectivity index (χ3v) is 3.79. The molecule has 1 nitrogen and oxygen atoms in total. The number of hydrogen-bond acceptors (Lipinski definition) is 1. The fourth-order valence-electron chi connectivity index (χ4n) is 2.20. The Kier molecular flexibility index (Phi) is 18.0. The van der Waals surface area contributed by atoms with Crippen LogP contribution in [0.3, 0.4) is 0 Å². The van der Waals surface area contributed by atoms with E-state index in [1.807, 2.05) is 0 Å². The topological polar surface area (TPSA) is 9.23 Å². The van der Waals surface area contributed by atoms with Crippen LogP contribution in [0.4, 0.5) is 0 Å². The van der Waals surface area contributed by atoms with Gasteiger partial charge < -0.3 is 4.74 Å². The predicted octanol–water partition coefficient (Wildman–Crippen LogP) is 4.25. The summed E-state index contributed by atoms with van der Waals surface area (Å²) in [5.41, 5.74) is 0. The molecule has 0 amide bonds. The lowest BCUT2D eigenvalue weighted by atomic mass is 9.99. The van der Waals surface area contributed by atoms with Crippen molar-refractivity contribution in [1.29, 1.82) is 0 Å². The molecule has 0 rings (SSSR count). The van der Waals surface area contributed by atoms with Crippen molar-refractivity contribution in [2.45, 2.75) is 79.1 Å². The molecule has 110 valence electrons. The van der Waals surface area contributed by atoms with Gasteiger partial charge in [0.25, 0.3) is 0 Å². The molecule has 0 saturated heterocycles. The van der Waals surface area contributed by atoms with Crippen LogP contribution in [0.1, 0.15) is 79.1 Å². The SMILES string of the molecule is CCCCC(CC)COCC(CC)CCCC.[AlH3]. The van der Waals surface area contributed by atoms with Crippen LogP contribution in [-0.4, -0.2) is 30.6 Å². The molecule has 0 aliphatic carbocycles. The summed E-state index contributed by atoms with van der Waals surface area (Å²) in [7, 11) is 0. The Labute approximate surface area is 126 Å². The van der Waals surface area contributed by atoms with Gasteiger partial charge in [-0.2, -0.15) is 0 Å². The quantitative estimate of drug-likeness (QED) is 0.483. The minimum Gasteiger partial charge on any atom is -0.381 e. The summed E-state index contributed by atoms with van der Waals surface area (Å²) in [6.45, 7) is 11.1. The lowest BCUT2D eigenvalue weighted by molar-refractivity contribution is 0.0630. The maximum Gasteiger partial charge on any atom is 0.187 e. The second-order valence-electron chi connectivity index (χ2n) is 5.37. The van der Waals surface area contributed by atoms with Gasteiger partial charge in [-0.3, -0.25) is 0 Å². The van der Waals surface area contributed by atoms with E-state index < -0.39 is 0 Å². The Morgan fingerprint density at radius 1 is 0.722 bits per heavy atom. The number of unbranched alkanes of at least 4 members (excludes halogenated alkanes) is 2. The summed E-state index contributed by atoms with van der Waals surface area (Å²) in [6.07, 6.45) is 10.6. The van der Waals surface area contributed by atoms with Gasteiger partial charge in [0.05, 0.1) is 0 Å².